The predicted octanol–water partition coefficient (Wildman–Crippen LogP) is 5.60. The zero-order chi connectivity index (χ0) is 16.4. The fraction of sp³-hybridized carbons (Fsp3) is 0.111. The van der Waals surface area contributed by atoms with Crippen LogP contribution >= 0.6 is 31.9 Å². The number of esters is 1. The van der Waals surface area contributed by atoms with Gasteiger partial charge in [0.1, 0.15) is 10.2 Å². The zero-order valence-electron chi connectivity index (χ0n) is 12.3. The molecule has 5 heteroatoms. The van der Waals surface area contributed by atoms with Crippen LogP contribution in [0.2, 0.25) is 0 Å². The lowest BCUT2D eigenvalue weighted by atomic mass is 9.96. The number of carbonyl (C=O) groups excluding carboxylic acids is 1. The van der Waals surface area contributed by atoms with E-state index in [0.29, 0.717) is 16.8 Å². The van der Waals surface area contributed by atoms with E-state index in [1.54, 1.807) is 6.92 Å². The van der Waals surface area contributed by atoms with Gasteiger partial charge in [0.15, 0.2) is 0 Å². The minimum absolute atomic E-state index is 0.316. The first-order valence-corrected chi connectivity index (χ1v) is 8.71. The third kappa shape index (κ3) is 3.16. The summed E-state index contributed by atoms with van der Waals surface area (Å²) in [6, 6.07) is 15.6. The second-order valence-corrected chi connectivity index (χ2v) is 6.57. The number of hydrogen-bond donors (Lipinski definition) is 0. The van der Waals surface area contributed by atoms with Crippen LogP contribution in [0.15, 0.2) is 57.6 Å². The predicted molar refractivity (Wildman–Crippen MR) is 98.5 cm³/mol. The zero-order valence-corrected chi connectivity index (χ0v) is 15.5. The number of halogens is 2. The van der Waals surface area contributed by atoms with Gasteiger partial charge in [0.05, 0.1) is 12.1 Å². The Morgan fingerprint density at radius 3 is 2.57 bits per heavy atom. The first-order chi connectivity index (χ1) is 11.1. The van der Waals surface area contributed by atoms with Crippen LogP contribution in [0.1, 0.15) is 17.3 Å². The Balaban J connectivity index is 2.41. The quantitative estimate of drug-likeness (QED) is 0.397. The summed E-state index contributed by atoms with van der Waals surface area (Å²) in [5.74, 6) is -0.382. The molecule has 0 aliphatic carbocycles. The average molecular weight is 435 g/mol. The number of fused-ring (bicyclic) bond motifs is 1. The molecule has 0 saturated heterocycles. The number of aromatic nitrogens is 1. The van der Waals surface area contributed by atoms with Crippen LogP contribution in [0.5, 0.6) is 0 Å². The van der Waals surface area contributed by atoms with Crippen molar-refractivity contribution in [3.05, 3.63) is 63.2 Å². The fourth-order valence-corrected chi connectivity index (χ4v) is 3.41. The Morgan fingerprint density at radius 1 is 1.13 bits per heavy atom. The first kappa shape index (κ1) is 16.1. The molecule has 0 amide bonds. The largest absolute Gasteiger partial charge is 0.462 e. The van der Waals surface area contributed by atoms with Crippen LogP contribution in [-0.4, -0.2) is 17.6 Å². The molecule has 3 rings (SSSR count). The average Bonchev–Trinajstić information content (AvgIpc) is 2.55. The third-order valence-electron chi connectivity index (χ3n) is 3.44. The number of benzene rings is 2. The molecule has 0 spiro atoms. The van der Waals surface area contributed by atoms with Crippen LogP contribution in [-0.2, 0) is 4.74 Å². The SMILES string of the molecule is CCOC(=O)c1c(Br)nc2ccc(Br)cc2c1-c1ccccc1. The lowest BCUT2D eigenvalue weighted by Crippen LogP contribution is -2.09. The smallest absolute Gasteiger partial charge is 0.341 e. The molecule has 1 heterocycles. The second kappa shape index (κ2) is 6.81. The lowest BCUT2D eigenvalue weighted by molar-refractivity contribution is 0.0526. The summed E-state index contributed by atoms with van der Waals surface area (Å²) in [5.41, 5.74) is 3.03. The van der Waals surface area contributed by atoms with Gasteiger partial charge in [-0.25, -0.2) is 9.78 Å². The summed E-state index contributed by atoms with van der Waals surface area (Å²) in [6.45, 7) is 2.11. The van der Waals surface area contributed by atoms with Crippen LogP contribution in [0.3, 0.4) is 0 Å². The number of nitrogens with zero attached hydrogens (tertiary/aromatic N) is 1. The van der Waals surface area contributed by atoms with Crippen molar-refractivity contribution in [3.8, 4) is 11.1 Å². The normalized spacial score (nSPS) is 10.7. The van der Waals surface area contributed by atoms with Gasteiger partial charge in [-0.2, -0.15) is 0 Å². The van der Waals surface area contributed by atoms with Gasteiger partial charge in [-0.05, 0) is 46.6 Å². The highest BCUT2D eigenvalue weighted by molar-refractivity contribution is 9.10. The fourth-order valence-electron chi connectivity index (χ4n) is 2.50. The maximum Gasteiger partial charge on any atom is 0.341 e. The molecule has 0 radical (unpaired) electrons. The molecule has 1 aromatic heterocycles. The Kier molecular flexibility index (Phi) is 4.78. The molecule has 2 aromatic carbocycles. The highest BCUT2D eigenvalue weighted by Crippen LogP contribution is 2.36. The van der Waals surface area contributed by atoms with Crippen LogP contribution in [0.4, 0.5) is 0 Å². The summed E-state index contributed by atoms with van der Waals surface area (Å²) < 4.78 is 6.65. The van der Waals surface area contributed by atoms with Crippen LogP contribution < -0.4 is 0 Å². The molecule has 0 bridgehead atoms. The van der Waals surface area contributed by atoms with E-state index in [2.05, 4.69) is 36.8 Å². The van der Waals surface area contributed by atoms with Gasteiger partial charge in [0, 0.05) is 15.4 Å². The molecule has 3 aromatic rings. The van der Waals surface area contributed by atoms with E-state index in [9.17, 15) is 4.79 Å². The van der Waals surface area contributed by atoms with Crippen molar-refractivity contribution in [2.24, 2.45) is 0 Å². The summed E-state index contributed by atoms with van der Waals surface area (Å²) in [7, 11) is 0. The maximum atomic E-state index is 12.5. The van der Waals surface area contributed by atoms with Gasteiger partial charge in [0.2, 0.25) is 0 Å². The van der Waals surface area contributed by atoms with E-state index in [4.69, 9.17) is 4.74 Å². The highest BCUT2D eigenvalue weighted by Gasteiger charge is 2.22. The van der Waals surface area contributed by atoms with E-state index < -0.39 is 0 Å². The summed E-state index contributed by atoms with van der Waals surface area (Å²) in [4.78, 5) is 17.0. The van der Waals surface area contributed by atoms with Gasteiger partial charge in [-0.15, -0.1) is 0 Å². The Labute approximate surface area is 150 Å². The van der Waals surface area contributed by atoms with E-state index >= 15 is 0 Å². The summed E-state index contributed by atoms with van der Waals surface area (Å²) >= 11 is 6.93. The number of hydrogen-bond acceptors (Lipinski definition) is 3. The standard InChI is InChI=1S/C18H13Br2NO2/c1-2-23-18(22)16-15(11-6-4-3-5-7-11)13-10-12(19)8-9-14(13)21-17(16)20/h3-10H,2H2,1H3. The maximum absolute atomic E-state index is 12.5. The molecular formula is C18H13Br2NO2. The molecule has 3 nitrogen and oxygen atoms in total. The van der Waals surface area contributed by atoms with Crippen molar-refractivity contribution in [2.75, 3.05) is 6.61 Å². The molecular weight excluding hydrogens is 422 g/mol. The molecule has 116 valence electrons. The van der Waals surface area contributed by atoms with Gasteiger partial charge < -0.3 is 4.74 Å². The molecule has 0 atom stereocenters. The monoisotopic (exact) mass is 433 g/mol. The third-order valence-corrected chi connectivity index (χ3v) is 4.51. The molecule has 0 unspecified atom stereocenters. The molecule has 0 N–H and O–H groups in total. The molecule has 0 aliphatic heterocycles. The number of rotatable bonds is 3. The molecule has 0 fully saturated rings. The molecule has 0 saturated carbocycles. The minimum Gasteiger partial charge on any atom is -0.462 e. The van der Waals surface area contributed by atoms with Crippen molar-refractivity contribution in [3.63, 3.8) is 0 Å². The van der Waals surface area contributed by atoms with E-state index in [1.807, 2.05) is 48.5 Å². The second-order valence-electron chi connectivity index (χ2n) is 4.90. The summed E-state index contributed by atoms with van der Waals surface area (Å²) in [5, 5.41) is 0.900. The lowest BCUT2D eigenvalue weighted by Gasteiger charge is -2.14. The van der Waals surface area contributed by atoms with E-state index in [-0.39, 0.29) is 5.97 Å². The van der Waals surface area contributed by atoms with Crippen molar-refractivity contribution in [1.82, 2.24) is 4.98 Å². The molecule has 0 aliphatic rings. The van der Waals surface area contributed by atoms with Crippen molar-refractivity contribution < 1.29 is 9.53 Å². The van der Waals surface area contributed by atoms with Crippen molar-refractivity contribution in [1.29, 1.82) is 0 Å². The van der Waals surface area contributed by atoms with E-state index in [1.165, 1.54) is 0 Å². The van der Waals surface area contributed by atoms with Gasteiger partial charge in [0.25, 0.3) is 0 Å². The number of ether oxygens (including phenoxy) is 1. The topological polar surface area (TPSA) is 39.2 Å². The number of carbonyl (C=O) groups is 1. The Hall–Kier alpha value is -1.72. The minimum atomic E-state index is -0.382. The highest BCUT2D eigenvalue weighted by atomic mass is 79.9. The Bertz CT molecular complexity index is 879. The van der Waals surface area contributed by atoms with Gasteiger partial charge >= 0.3 is 5.97 Å². The van der Waals surface area contributed by atoms with Crippen LogP contribution in [0.25, 0.3) is 22.0 Å². The van der Waals surface area contributed by atoms with Gasteiger partial charge in [-0.3, -0.25) is 0 Å². The van der Waals surface area contributed by atoms with E-state index in [0.717, 1.165) is 26.5 Å². The first-order valence-electron chi connectivity index (χ1n) is 7.13. The van der Waals surface area contributed by atoms with Crippen molar-refractivity contribution in [2.45, 2.75) is 6.92 Å². The summed E-state index contributed by atoms with van der Waals surface area (Å²) in [6.07, 6.45) is 0. The Morgan fingerprint density at radius 2 is 1.87 bits per heavy atom. The van der Waals surface area contributed by atoms with Crippen LogP contribution in [0, 0.1) is 0 Å². The van der Waals surface area contributed by atoms with Crippen molar-refractivity contribution >= 4 is 48.7 Å². The van der Waals surface area contributed by atoms with Gasteiger partial charge in [-0.1, -0.05) is 46.3 Å². The molecule has 23 heavy (non-hydrogen) atoms. The number of pyridine rings is 1.